The number of aryl methyl sites for hydroxylation is 1. The van der Waals surface area contributed by atoms with Crippen LogP contribution >= 0.6 is 15.9 Å². The van der Waals surface area contributed by atoms with Crippen molar-refractivity contribution in [3.63, 3.8) is 0 Å². The van der Waals surface area contributed by atoms with Crippen LogP contribution in [0.15, 0.2) is 70.3 Å². The van der Waals surface area contributed by atoms with Gasteiger partial charge in [-0.25, -0.2) is 9.67 Å². The van der Waals surface area contributed by atoms with E-state index in [1.165, 1.54) is 12.5 Å². The predicted molar refractivity (Wildman–Crippen MR) is 140 cm³/mol. The van der Waals surface area contributed by atoms with Crippen molar-refractivity contribution >= 4 is 44.5 Å². The molecule has 2 amide bonds. The lowest BCUT2D eigenvalue weighted by molar-refractivity contribution is -0.126. The Bertz CT molecular complexity index is 1480. The summed E-state index contributed by atoms with van der Waals surface area (Å²) >= 11 is 3.41. The van der Waals surface area contributed by atoms with Gasteiger partial charge in [-0.05, 0) is 36.8 Å². The normalized spacial score (nSPS) is 15.6. The van der Waals surface area contributed by atoms with Crippen molar-refractivity contribution < 1.29 is 9.59 Å². The lowest BCUT2D eigenvalue weighted by Crippen LogP contribution is -2.35. The molecule has 5 rings (SSSR count). The molecule has 0 aliphatic carbocycles. The molecule has 0 saturated carbocycles. The number of benzene rings is 2. The average molecular weight is 549 g/mol. The Labute approximate surface area is 215 Å². The summed E-state index contributed by atoms with van der Waals surface area (Å²) in [5, 5.41) is 7.63. The van der Waals surface area contributed by atoms with Crippen LogP contribution in [0.1, 0.15) is 17.5 Å². The summed E-state index contributed by atoms with van der Waals surface area (Å²) in [6, 6.07) is 15.5. The monoisotopic (exact) mass is 548 g/mol. The summed E-state index contributed by atoms with van der Waals surface area (Å²) in [5.41, 5.74) is 3.22. The molecule has 0 radical (unpaired) electrons. The maximum atomic E-state index is 12.9. The molecular formula is C26H25BrN6O3. The van der Waals surface area contributed by atoms with Gasteiger partial charge in [0.2, 0.25) is 11.8 Å². The van der Waals surface area contributed by atoms with Crippen LogP contribution in [0, 0.1) is 12.8 Å². The van der Waals surface area contributed by atoms with Crippen molar-refractivity contribution in [1.82, 2.24) is 24.6 Å². The molecule has 36 heavy (non-hydrogen) atoms. The highest BCUT2D eigenvalue weighted by Crippen LogP contribution is 2.25. The van der Waals surface area contributed by atoms with Crippen molar-refractivity contribution in [3.05, 3.63) is 87.0 Å². The van der Waals surface area contributed by atoms with Gasteiger partial charge in [0.1, 0.15) is 11.7 Å². The second-order valence-corrected chi connectivity index (χ2v) is 9.86. The summed E-state index contributed by atoms with van der Waals surface area (Å²) in [7, 11) is 0. The molecule has 1 saturated heterocycles. The number of amides is 2. The Morgan fingerprint density at radius 2 is 1.86 bits per heavy atom. The van der Waals surface area contributed by atoms with E-state index in [0.717, 1.165) is 21.3 Å². The summed E-state index contributed by atoms with van der Waals surface area (Å²) < 4.78 is 4.14. The highest BCUT2D eigenvalue weighted by Gasteiger charge is 2.34. The topological polar surface area (TPSA) is 102 Å². The molecule has 1 atom stereocenters. The highest BCUT2D eigenvalue weighted by atomic mass is 79.9. The molecule has 1 N–H and O–H groups in total. The van der Waals surface area contributed by atoms with Gasteiger partial charge in [0.15, 0.2) is 5.65 Å². The van der Waals surface area contributed by atoms with Crippen LogP contribution in [0.3, 0.4) is 0 Å². The lowest BCUT2D eigenvalue weighted by Gasteiger charge is -2.17. The number of carbonyl (C=O) groups excluding carboxylic acids is 2. The summed E-state index contributed by atoms with van der Waals surface area (Å²) in [4.78, 5) is 44.2. The van der Waals surface area contributed by atoms with Crippen molar-refractivity contribution in [2.45, 2.75) is 26.4 Å². The second kappa shape index (κ2) is 10.1. The van der Waals surface area contributed by atoms with Gasteiger partial charge in [0, 0.05) is 29.7 Å². The summed E-state index contributed by atoms with van der Waals surface area (Å²) in [6.45, 7) is 3.44. The van der Waals surface area contributed by atoms with Crippen molar-refractivity contribution in [1.29, 1.82) is 0 Å². The fourth-order valence-corrected chi connectivity index (χ4v) is 4.61. The van der Waals surface area contributed by atoms with Gasteiger partial charge in [0.05, 0.1) is 25.2 Å². The maximum absolute atomic E-state index is 12.9. The van der Waals surface area contributed by atoms with E-state index in [-0.39, 0.29) is 23.8 Å². The molecule has 1 unspecified atom stereocenters. The number of rotatable bonds is 7. The average Bonchev–Trinajstić information content (AvgIpc) is 3.47. The number of aromatic nitrogens is 4. The Morgan fingerprint density at radius 3 is 2.61 bits per heavy atom. The van der Waals surface area contributed by atoms with Crippen molar-refractivity contribution in [2.24, 2.45) is 5.92 Å². The number of hydrogen-bond acceptors (Lipinski definition) is 5. The minimum atomic E-state index is -0.405. The van der Waals surface area contributed by atoms with Gasteiger partial charge < -0.3 is 10.2 Å². The summed E-state index contributed by atoms with van der Waals surface area (Å²) in [6.07, 6.45) is 3.22. The molecule has 1 fully saturated rings. The van der Waals surface area contributed by atoms with Crippen molar-refractivity contribution in [3.8, 4) is 0 Å². The number of carbonyl (C=O) groups is 2. The van der Waals surface area contributed by atoms with E-state index in [1.807, 2.05) is 55.5 Å². The molecule has 2 aromatic heterocycles. The van der Waals surface area contributed by atoms with Gasteiger partial charge in [0.25, 0.3) is 5.56 Å². The van der Waals surface area contributed by atoms with E-state index >= 15 is 0 Å². The fraction of sp³-hybridized carbons (Fsp3) is 0.269. The first-order valence-corrected chi connectivity index (χ1v) is 12.5. The van der Waals surface area contributed by atoms with Crippen LogP contribution in [0.25, 0.3) is 11.0 Å². The van der Waals surface area contributed by atoms with Crippen LogP contribution in [0.2, 0.25) is 0 Å². The Kier molecular flexibility index (Phi) is 6.69. The third kappa shape index (κ3) is 4.94. The molecule has 10 heteroatoms. The smallest absolute Gasteiger partial charge is 0.264 e. The first kappa shape index (κ1) is 23.9. The molecule has 184 valence electrons. The van der Waals surface area contributed by atoms with E-state index in [2.05, 4.69) is 31.3 Å². The molecule has 0 bridgehead atoms. The zero-order valence-electron chi connectivity index (χ0n) is 19.7. The number of nitrogens with one attached hydrogen (secondary N) is 1. The zero-order chi connectivity index (χ0) is 25.2. The quantitative estimate of drug-likeness (QED) is 0.382. The van der Waals surface area contributed by atoms with E-state index in [0.29, 0.717) is 37.2 Å². The minimum Gasteiger partial charge on any atom is -0.354 e. The van der Waals surface area contributed by atoms with Crippen LogP contribution in [-0.2, 0) is 22.7 Å². The van der Waals surface area contributed by atoms with Crippen molar-refractivity contribution in [2.75, 3.05) is 18.0 Å². The van der Waals surface area contributed by atoms with E-state index < -0.39 is 5.92 Å². The number of fused-ring (bicyclic) bond motifs is 1. The van der Waals surface area contributed by atoms with Crippen LogP contribution in [-0.4, -0.2) is 44.2 Å². The van der Waals surface area contributed by atoms with Gasteiger partial charge >= 0.3 is 0 Å². The Morgan fingerprint density at radius 1 is 1.11 bits per heavy atom. The SMILES string of the molecule is Cc1ccc(N2CC(C(=O)NCCn3ncc4c(=O)n(Cc5ccc(Br)cc5)cnc43)CC2=O)cc1. The first-order valence-electron chi connectivity index (χ1n) is 11.7. The minimum absolute atomic E-state index is 0.0549. The fourth-order valence-electron chi connectivity index (χ4n) is 4.35. The molecule has 9 nitrogen and oxygen atoms in total. The lowest BCUT2D eigenvalue weighted by atomic mass is 10.1. The molecule has 1 aliphatic rings. The van der Waals surface area contributed by atoms with Crippen LogP contribution in [0.4, 0.5) is 5.69 Å². The largest absolute Gasteiger partial charge is 0.354 e. The number of hydrogen-bond donors (Lipinski definition) is 1. The predicted octanol–water partition coefficient (Wildman–Crippen LogP) is 2.88. The zero-order valence-corrected chi connectivity index (χ0v) is 21.3. The maximum Gasteiger partial charge on any atom is 0.264 e. The van der Waals surface area contributed by atoms with Gasteiger partial charge in [-0.15, -0.1) is 0 Å². The Balaban J connectivity index is 1.19. The number of anilines is 1. The van der Waals surface area contributed by atoms with Gasteiger partial charge in [-0.1, -0.05) is 45.8 Å². The number of nitrogens with zero attached hydrogens (tertiary/aromatic N) is 5. The molecule has 1 aliphatic heterocycles. The van der Waals surface area contributed by atoms with Crippen LogP contribution < -0.4 is 15.8 Å². The summed E-state index contributed by atoms with van der Waals surface area (Å²) in [5.74, 6) is -0.628. The second-order valence-electron chi connectivity index (χ2n) is 8.94. The number of halogens is 1. The highest BCUT2D eigenvalue weighted by molar-refractivity contribution is 9.10. The van der Waals surface area contributed by atoms with Crippen LogP contribution in [0.5, 0.6) is 0 Å². The standard InChI is InChI=1S/C26H25BrN6O3/c1-17-2-8-21(9-3-17)32-15-19(12-23(32)34)25(35)28-10-11-33-24-22(13-30-33)26(36)31(16-29-24)14-18-4-6-20(27)7-5-18/h2-9,13,16,19H,10-12,14-15H2,1H3,(H,28,35). The van der Waals surface area contributed by atoms with Gasteiger partial charge in [-0.3, -0.25) is 19.0 Å². The van der Waals surface area contributed by atoms with E-state index in [1.54, 1.807) is 14.1 Å². The third-order valence-electron chi connectivity index (χ3n) is 6.35. The molecule has 2 aromatic carbocycles. The van der Waals surface area contributed by atoms with E-state index in [9.17, 15) is 14.4 Å². The molecule has 0 spiro atoms. The molecule has 3 heterocycles. The first-order chi connectivity index (χ1) is 17.4. The third-order valence-corrected chi connectivity index (χ3v) is 6.88. The van der Waals surface area contributed by atoms with Gasteiger partial charge in [-0.2, -0.15) is 5.10 Å². The Hall–Kier alpha value is -3.79. The molecule has 4 aromatic rings. The molecular weight excluding hydrogens is 524 g/mol. The van der Waals surface area contributed by atoms with E-state index in [4.69, 9.17) is 0 Å².